The average Bonchev–Trinajstić information content (AvgIpc) is 2.48. The molecule has 102 valence electrons. The van der Waals surface area contributed by atoms with Crippen LogP contribution in [0.2, 0.25) is 0 Å². The van der Waals surface area contributed by atoms with E-state index in [4.69, 9.17) is 4.74 Å². The van der Waals surface area contributed by atoms with E-state index in [9.17, 15) is 9.90 Å². The standard InChI is InChI=1S/C15H14N2O3/c1-20-12-6-4-5-11(9-12)10-16-17-15(19)13-7-2-3-8-14(13)18/h2-10,18H,1H3,(H,17,19)/b16-10+. The smallest absolute Gasteiger partial charge is 0.275 e. The zero-order valence-electron chi connectivity index (χ0n) is 10.9. The number of carbonyl (C=O) groups is 1. The number of benzene rings is 2. The Labute approximate surface area is 116 Å². The number of carbonyl (C=O) groups excluding carboxylic acids is 1. The lowest BCUT2D eigenvalue weighted by molar-refractivity contribution is 0.0952. The van der Waals surface area contributed by atoms with Gasteiger partial charge in [0.1, 0.15) is 11.5 Å². The third kappa shape index (κ3) is 3.35. The lowest BCUT2D eigenvalue weighted by Gasteiger charge is -2.02. The van der Waals surface area contributed by atoms with Crippen LogP contribution in [-0.2, 0) is 0 Å². The molecule has 0 aliphatic heterocycles. The number of aromatic hydroxyl groups is 1. The molecule has 0 saturated heterocycles. The van der Waals surface area contributed by atoms with E-state index in [1.165, 1.54) is 18.3 Å². The van der Waals surface area contributed by atoms with E-state index < -0.39 is 5.91 Å². The predicted molar refractivity (Wildman–Crippen MR) is 76.2 cm³/mol. The summed E-state index contributed by atoms with van der Waals surface area (Å²) in [6.07, 6.45) is 1.50. The number of hydrogen-bond acceptors (Lipinski definition) is 4. The molecule has 0 unspecified atom stereocenters. The molecule has 0 fully saturated rings. The molecule has 0 heterocycles. The van der Waals surface area contributed by atoms with Gasteiger partial charge in [-0.2, -0.15) is 5.10 Å². The van der Waals surface area contributed by atoms with Crippen LogP contribution in [0.4, 0.5) is 0 Å². The lowest BCUT2D eigenvalue weighted by Crippen LogP contribution is -2.17. The van der Waals surface area contributed by atoms with Gasteiger partial charge in [0, 0.05) is 0 Å². The maximum Gasteiger partial charge on any atom is 0.275 e. The highest BCUT2D eigenvalue weighted by atomic mass is 16.5. The van der Waals surface area contributed by atoms with Crippen molar-refractivity contribution in [2.24, 2.45) is 5.10 Å². The van der Waals surface area contributed by atoms with Crippen molar-refractivity contribution in [2.45, 2.75) is 0 Å². The Bertz CT molecular complexity index is 639. The second kappa shape index (κ2) is 6.38. The molecule has 2 aromatic carbocycles. The van der Waals surface area contributed by atoms with E-state index in [1.807, 2.05) is 18.2 Å². The largest absolute Gasteiger partial charge is 0.507 e. The van der Waals surface area contributed by atoms with Crippen molar-refractivity contribution in [3.05, 3.63) is 59.7 Å². The summed E-state index contributed by atoms with van der Waals surface area (Å²) in [5.41, 5.74) is 3.33. The minimum Gasteiger partial charge on any atom is -0.507 e. The van der Waals surface area contributed by atoms with Crippen molar-refractivity contribution in [3.63, 3.8) is 0 Å². The number of nitrogens with one attached hydrogen (secondary N) is 1. The number of hydrogen-bond donors (Lipinski definition) is 2. The maximum absolute atomic E-state index is 11.8. The van der Waals surface area contributed by atoms with Gasteiger partial charge in [0.15, 0.2) is 0 Å². The van der Waals surface area contributed by atoms with Gasteiger partial charge in [-0.25, -0.2) is 5.43 Å². The minimum absolute atomic E-state index is 0.0819. The fourth-order valence-corrected chi connectivity index (χ4v) is 1.61. The van der Waals surface area contributed by atoms with Gasteiger partial charge in [-0.15, -0.1) is 0 Å². The number of ether oxygens (including phenoxy) is 1. The van der Waals surface area contributed by atoms with Crippen LogP contribution in [0.25, 0.3) is 0 Å². The number of amides is 1. The van der Waals surface area contributed by atoms with Crippen molar-refractivity contribution < 1.29 is 14.6 Å². The molecule has 20 heavy (non-hydrogen) atoms. The molecule has 0 spiro atoms. The first-order valence-corrected chi connectivity index (χ1v) is 5.96. The van der Waals surface area contributed by atoms with Gasteiger partial charge in [-0.3, -0.25) is 4.79 Å². The third-order valence-electron chi connectivity index (χ3n) is 2.62. The highest BCUT2D eigenvalue weighted by Gasteiger charge is 2.08. The van der Waals surface area contributed by atoms with Crippen LogP contribution in [0.1, 0.15) is 15.9 Å². The summed E-state index contributed by atoms with van der Waals surface area (Å²) in [6, 6.07) is 13.5. The highest BCUT2D eigenvalue weighted by Crippen LogP contribution is 2.15. The number of methoxy groups -OCH3 is 1. The van der Waals surface area contributed by atoms with Crippen LogP contribution >= 0.6 is 0 Å². The third-order valence-corrected chi connectivity index (χ3v) is 2.62. The summed E-state index contributed by atoms with van der Waals surface area (Å²) in [4.78, 5) is 11.8. The minimum atomic E-state index is -0.470. The molecular weight excluding hydrogens is 256 g/mol. The van der Waals surface area contributed by atoms with Crippen molar-refractivity contribution in [3.8, 4) is 11.5 Å². The Morgan fingerprint density at radius 2 is 2.05 bits per heavy atom. The van der Waals surface area contributed by atoms with Gasteiger partial charge >= 0.3 is 0 Å². The molecule has 2 aromatic rings. The summed E-state index contributed by atoms with van der Waals surface area (Å²) in [5, 5.41) is 13.4. The average molecular weight is 270 g/mol. The molecule has 5 heteroatoms. The Morgan fingerprint density at radius 1 is 1.25 bits per heavy atom. The van der Waals surface area contributed by atoms with Crippen LogP contribution in [-0.4, -0.2) is 24.3 Å². The van der Waals surface area contributed by atoms with Crippen molar-refractivity contribution >= 4 is 12.1 Å². The van der Waals surface area contributed by atoms with Crippen molar-refractivity contribution in [1.82, 2.24) is 5.43 Å². The summed E-state index contributed by atoms with van der Waals surface area (Å²) in [7, 11) is 1.58. The van der Waals surface area contributed by atoms with Gasteiger partial charge in [0.25, 0.3) is 5.91 Å². The number of para-hydroxylation sites is 1. The summed E-state index contributed by atoms with van der Waals surface area (Å²) < 4.78 is 5.09. The summed E-state index contributed by atoms with van der Waals surface area (Å²) >= 11 is 0. The molecule has 0 aliphatic rings. The van der Waals surface area contributed by atoms with E-state index in [-0.39, 0.29) is 11.3 Å². The zero-order valence-corrected chi connectivity index (χ0v) is 10.9. The molecule has 0 atom stereocenters. The molecule has 2 N–H and O–H groups in total. The summed E-state index contributed by atoms with van der Waals surface area (Å²) in [6.45, 7) is 0. The fourth-order valence-electron chi connectivity index (χ4n) is 1.61. The molecule has 0 saturated carbocycles. The Hall–Kier alpha value is -2.82. The number of phenols is 1. The van der Waals surface area contributed by atoms with Gasteiger partial charge in [-0.1, -0.05) is 24.3 Å². The molecule has 1 amide bonds. The monoisotopic (exact) mass is 270 g/mol. The molecule has 0 radical (unpaired) electrons. The first kappa shape index (κ1) is 13.6. The number of rotatable bonds is 4. The van der Waals surface area contributed by atoms with E-state index in [1.54, 1.807) is 25.3 Å². The topological polar surface area (TPSA) is 70.9 Å². The van der Waals surface area contributed by atoms with Crippen molar-refractivity contribution in [1.29, 1.82) is 0 Å². The first-order chi connectivity index (χ1) is 9.70. The van der Waals surface area contributed by atoms with E-state index in [2.05, 4.69) is 10.5 Å². The van der Waals surface area contributed by atoms with E-state index in [0.717, 1.165) is 5.56 Å². The van der Waals surface area contributed by atoms with Crippen LogP contribution in [0, 0.1) is 0 Å². The molecule has 5 nitrogen and oxygen atoms in total. The fraction of sp³-hybridized carbons (Fsp3) is 0.0667. The van der Waals surface area contributed by atoms with E-state index >= 15 is 0 Å². The van der Waals surface area contributed by atoms with Crippen LogP contribution in [0.5, 0.6) is 11.5 Å². The highest BCUT2D eigenvalue weighted by molar-refractivity contribution is 5.97. The molecule has 0 aliphatic carbocycles. The van der Waals surface area contributed by atoms with Crippen LogP contribution in [0.15, 0.2) is 53.6 Å². The SMILES string of the molecule is COc1cccc(/C=N/NC(=O)c2ccccc2O)c1. The molecule has 2 rings (SSSR count). The normalized spacial score (nSPS) is 10.4. The maximum atomic E-state index is 11.8. The van der Waals surface area contributed by atoms with Crippen LogP contribution in [0.3, 0.4) is 0 Å². The quantitative estimate of drug-likeness (QED) is 0.660. The number of phenolic OH excluding ortho intramolecular Hbond substituents is 1. The zero-order chi connectivity index (χ0) is 14.4. The van der Waals surface area contributed by atoms with Gasteiger partial charge < -0.3 is 9.84 Å². The molecule has 0 bridgehead atoms. The second-order valence-electron chi connectivity index (χ2n) is 3.99. The number of hydrazone groups is 1. The second-order valence-corrected chi connectivity index (χ2v) is 3.99. The lowest BCUT2D eigenvalue weighted by atomic mass is 10.2. The molecular formula is C15H14N2O3. The summed E-state index contributed by atoms with van der Waals surface area (Å²) in [5.74, 6) is 0.157. The first-order valence-electron chi connectivity index (χ1n) is 5.96. The molecule has 0 aromatic heterocycles. The van der Waals surface area contributed by atoms with Crippen molar-refractivity contribution in [2.75, 3.05) is 7.11 Å². The Balaban J connectivity index is 2.03. The Kier molecular flexibility index (Phi) is 4.34. The van der Waals surface area contributed by atoms with Gasteiger partial charge in [0.2, 0.25) is 0 Å². The number of nitrogens with zero attached hydrogens (tertiary/aromatic N) is 1. The van der Waals surface area contributed by atoms with Crippen LogP contribution < -0.4 is 10.2 Å². The predicted octanol–water partition coefficient (Wildman–Crippen LogP) is 2.16. The van der Waals surface area contributed by atoms with Gasteiger partial charge in [-0.05, 0) is 29.8 Å². The van der Waals surface area contributed by atoms with Gasteiger partial charge in [0.05, 0.1) is 18.9 Å². The van der Waals surface area contributed by atoms with E-state index in [0.29, 0.717) is 5.75 Å². The Morgan fingerprint density at radius 3 is 2.80 bits per heavy atom.